The predicted molar refractivity (Wildman–Crippen MR) is 79.3 cm³/mol. The summed E-state index contributed by atoms with van der Waals surface area (Å²) in [5.41, 5.74) is 2.25. The topological polar surface area (TPSA) is 34.4 Å². The van der Waals surface area contributed by atoms with Gasteiger partial charge in [0, 0.05) is 16.6 Å². The molecule has 1 N–H and O–H groups in total. The molecule has 0 atom stereocenters. The molecule has 19 heavy (non-hydrogen) atoms. The van der Waals surface area contributed by atoms with Gasteiger partial charge in [0.1, 0.15) is 18.1 Å². The standard InChI is InChI=1S/C15H18BrNO2/c1-3-17-8-12-7-14(18-9-12)10-19-15-5-4-13(16)6-11(15)2/h4-7,9,17H,3,8,10H2,1-2H3. The Morgan fingerprint density at radius 3 is 2.89 bits per heavy atom. The van der Waals surface area contributed by atoms with Crippen molar-refractivity contribution in [2.75, 3.05) is 6.54 Å². The quantitative estimate of drug-likeness (QED) is 0.871. The molecule has 0 amide bonds. The van der Waals surface area contributed by atoms with Crippen molar-refractivity contribution in [1.29, 1.82) is 0 Å². The van der Waals surface area contributed by atoms with Crippen LogP contribution in [0.25, 0.3) is 0 Å². The molecule has 4 heteroatoms. The lowest BCUT2D eigenvalue weighted by molar-refractivity contribution is 0.268. The number of ether oxygens (including phenoxy) is 1. The number of hydrogen-bond acceptors (Lipinski definition) is 3. The highest BCUT2D eigenvalue weighted by Crippen LogP contribution is 2.23. The first kappa shape index (κ1) is 14.2. The molecule has 0 fully saturated rings. The van der Waals surface area contributed by atoms with E-state index in [9.17, 15) is 0 Å². The van der Waals surface area contributed by atoms with Crippen LogP contribution in [0.1, 0.15) is 23.8 Å². The normalized spacial score (nSPS) is 10.7. The maximum absolute atomic E-state index is 5.76. The van der Waals surface area contributed by atoms with Crippen LogP contribution in [0.15, 0.2) is 39.4 Å². The van der Waals surface area contributed by atoms with Crippen LogP contribution in [0.4, 0.5) is 0 Å². The highest BCUT2D eigenvalue weighted by molar-refractivity contribution is 9.10. The number of hydrogen-bond donors (Lipinski definition) is 1. The minimum Gasteiger partial charge on any atom is -0.485 e. The molecule has 0 radical (unpaired) electrons. The molecule has 0 saturated heterocycles. The van der Waals surface area contributed by atoms with E-state index in [-0.39, 0.29) is 0 Å². The average molecular weight is 324 g/mol. The van der Waals surface area contributed by atoms with E-state index in [0.717, 1.165) is 40.2 Å². The number of aryl methyl sites for hydroxylation is 1. The summed E-state index contributed by atoms with van der Waals surface area (Å²) in [5.74, 6) is 1.73. The molecule has 0 saturated carbocycles. The highest BCUT2D eigenvalue weighted by atomic mass is 79.9. The number of nitrogens with one attached hydrogen (secondary N) is 1. The van der Waals surface area contributed by atoms with Crippen LogP contribution < -0.4 is 10.1 Å². The van der Waals surface area contributed by atoms with Gasteiger partial charge in [0.2, 0.25) is 0 Å². The third kappa shape index (κ3) is 4.11. The number of rotatable bonds is 6. The molecule has 1 aromatic heterocycles. The summed E-state index contributed by atoms with van der Waals surface area (Å²) in [7, 11) is 0. The van der Waals surface area contributed by atoms with Crippen LogP contribution in [0.3, 0.4) is 0 Å². The van der Waals surface area contributed by atoms with E-state index in [1.165, 1.54) is 0 Å². The lowest BCUT2D eigenvalue weighted by atomic mass is 10.2. The highest BCUT2D eigenvalue weighted by Gasteiger charge is 2.04. The van der Waals surface area contributed by atoms with Gasteiger partial charge in [-0.05, 0) is 43.3 Å². The maximum atomic E-state index is 5.76. The molecule has 0 unspecified atom stereocenters. The Kier molecular flexibility index (Phi) is 5.05. The van der Waals surface area contributed by atoms with Gasteiger partial charge < -0.3 is 14.5 Å². The SMILES string of the molecule is CCNCc1coc(COc2ccc(Br)cc2C)c1. The third-order valence-corrected chi connectivity index (χ3v) is 3.29. The molecule has 0 aliphatic rings. The van der Waals surface area contributed by atoms with Crippen LogP contribution in [0.2, 0.25) is 0 Å². The lowest BCUT2D eigenvalue weighted by Crippen LogP contribution is -2.10. The van der Waals surface area contributed by atoms with E-state index in [0.29, 0.717) is 6.61 Å². The largest absolute Gasteiger partial charge is 0.485 e. The second-order valence-corrected chi connectivity index (χ2v) is 5.32. The van der Waals surface area contributed by atoms with Gasteiger partial charge >= 0.3 is 0 Å². The van der Waals surface area contributed by atoms with Crippen LogP contribution in [0.5, 0.6) is 5.75 Å². The van der Waals surface area contributed by atoms with Crippen molar-refractivity contribution in [2.24, 2.45) is 0 Å². The zero-order valence-corrected chi connectivity index (χ0v) is 12.8. The summed E-state index contributed by atoms with van der Waals surface area (Å²) < 4.78 is 12.3. The summed E-state index contributed by atoms with van der Waals surface area (Å²) in [5, 5.41) is 3.26. The second-order valence-electron chi connectivity index (χ2n) is 4.40. The second kappa shape index (κ2) is 6.78. The minimum absolute atomic E-state index is 0.453. The molecule has 0 bridgehead atoms. The van der Waals surface area contributed by atoms with E-state index in [1.807, 2.05) is 31.2 Å². The first-order chi connectivity index (χ1) is 9.19. The molecular weight excluding hydrogens is 306 g/mol. The lowest BCUT2D eigenvalue weighted by Gasteiger charge is -2.07. The fraction of sp³-hybridized carbons (Fsp3) is 0.333. The van der Waals surface area contributed by atoms with Crippen molar-refractivity contribution < 1.29 is 9.15 Å². The molecule has 0 aliphatic carbocycles. The Morgan fingerprint density at radius 1 is 1.32 bits per heavy atom. The van der Waals surface area contributed by atoms with Crippen LogP contribution in [-0.4, -0.2) is 6.54 Å². The minimum atomic E-state index is 0.453. The van der Waals surface area contributed by atoms with Gasteiger partial charge in [-0.15, -0.1) is 0 Å². The summed E-state index contributed by atoms with van der Waals surface area (Å²) in [6.45, 7) is 6.35. The van der Waals surface area contributed by atoms with E-state index in [2.05, 4.69) is 28.2 Å². The molecule has 2 rings (SSSR count). The van der Waals surface area contributed by atoms with Gasteiger partial charge in [-0.2, -0.15) is 0 Å². The summed E-state index contributed by atoms with van der Waals surface area (Å²) >= 11 is 3.44. The molecule has 0 spiro atoms. The van der Waals surface area contributed by atoms with Crippen molar-refractivity contribution in [3.8, 4) is 5.75 Å². The average Bonchev–Trinajstić information content (AvgIpc) is 2.83. The fourth-order valence-electron chi connectivity index (χ4n) is 1.79. The summed E-state index contributed by atoms with van der Waals surface area (Å²) in [4.78, 5) is 0. The van der Waals surface area contributed by atoms with Gasteiger partial charge in [-0.3, -0.25) is 0 Å². The smallest absolute Gasteiger partial charge is 0.146 e. The Labute approximate surface area is 122 Å². The van der Waals surface area contributed by atoms with E-state index >= 15 is 0 Å². The Hall–Kier alpha value is -1.26. The molecule has 2 aromatic rings. The van der Waals surface area contributed by atoms with E-state index in [4.69, 9.17) is 9.15 Å². The third-order valence-electron chi connectivity index (χ3n) is 2.79. The molecule has 1 heterocycles. The van der Waals surface area contributed by atoms with Gasteiger partial charge in [0.05, 0.1) is 6.26 Å². The fourth-order valence-corrected chi connectivity index (χ4v) is 2.26. The summed E-state index contributed by atoms with van der Waals surface area (Å²) in [6, 6.07) is 7.99. The Balaban J connectivity index is 1.92. The van der Waals surface area contributed by atoms with Crippen molar-refractivity contribution in [2.45, 2.75) is 27.0 Å². The molecule has 0 aliphatic heterocycles. The van der Waals surface area contributed by atoms with Crippen molar-refractivity contribution in [1.82, 2.24) is 5.32 Å². The van der Waals surface area contributed by atoms with E-state index < -0.39 is 0 Å². The molecule has 1 aromatic carbocycles. The van der Waals surface area contributed by atoms with Crippen LogP contribution in [0, 0.1) is 6.92 Å². The van der Waals surface area contributed by atoms with Crippen molar-refractivity contribution in [3.05, 3.63) is 51.9 Å². The van der Waals surface area contributed by atoms with Crippen LogP contribution in [-0.2, 0) is 13.2 Å². The zero-order valence-electron chi connectivity index (χ0n) is 11.2. The number of benzene rings is 1. The first-order valence-electron chi connectivity index (χ1n) is 6.35. The van der Waals surface area contributed by atoms with E-state index in [1.54, 1.807) is 6.26 Å². The monoisotopic (exact) mass is 323 g/mol. The summed E-state index contributed by atoms with van der Waals surface area (Å²) in [6.07, 6.45) is 1.77. The first-order valence-corrected chi connectivity index (χ1v) is 7.14. The van der Waals surface area contributed by atoms with Gasteiger partial charge in [0.15, 0.2) is 0 Å². The van der Waals surface area contributed by atoms with Crippen molar-refractivity contribution >= 4 is 15.9 Å². The van der Waals surface area contributed by atoms with Gasteiger partial charge in [-0.1, -0.05) is 22.9 Å². The maximum Gasteiger partial charge on any atom is 0.146 e. The predicted octanol–water partition coefficient (Wildman–Crippen LogP) is 4.04. The van der Waals surface area contributed by atoms with Gasteiger partial charge in [0.25, 0.3) is 0 Å². The number of furan rings is 1. The Morgan fingerprint density at radius 2 is 2.16 bits per heavy atom. The van der Waals surface area contributed by atoms with Gasteiger partial charge in [-0.25, -0.2) is 0 Å². The van der Waals surface area contributed by atoms with Crippen LogP contribution >= 0.6 is 15.9 Å². The zero-order chi connectivity index (χ0) is 13.7. The molecule has 102 valence electrons. The Bertz CT molecular complexity index is 537. The molecule has 3 nitrogen and oxygen atoms in total. The number of halogens is 1. The molecular formula is C15H18BrNO2. The van der Waals surface area contributed by atoms with Crippen molar-refractivity contribution in [3.63, 3.8) is 0 Å².